The lowest BCUT2D eigenvalue weighted by Gasteiger charge is -2.00. The molecular weight excluding hydrogens is 274 g/mol. The summed E-state index contributed by atoms with van der Waals surface area (Å²) < 4.78 is 27.8. The molecule has 2 aromatic carbocycles. The Bertz CT molecular complexity index is 781. The topological polar surface area (TPSA) is 43.1 Å². The van der Waals surface area contributed by atoms with E-state index in [0.717, 1.165) is 11.6 Å². The van der Waals surface area contributed by atoms with Gasteiger partial charge in [0.05, 0.1) is 6.21 Å². The third-order valence-corrected chi connectivity index (χ3v) is 2.85. The first-order valence-corrected chi connectivity index (χ1v) is 6.19. The average Bonchev–Trinajstić information content (AvgIpc) is 2.96. The smallest absolute Gasteiger partial charge is 0.184 e. The van der Waals surface area contributed by atoms with E-state index in [1.807, 2.05) is 30.3 Å². The van der Waals surface area contributed by atoms with E-state index in [1.165, 1.54) is 29.4 Å². The summed E-state index contributed by atoms with van der Waals surface area (Å²) in [6.45, 7) is 0. The molecule has 0 saturated heterocycles. The Labute approximate surface area is 119 Å². The van der Waals surface area contributed by atoms with Crippen molar-refractivity contribution < 1.29 is 8.78 Å². The molecule has 21 heavy (non-hydrogen) atoms. The summed E-state index contributed by atoms with van der Waals surface area (Å²) >= 11 is 0. The maximum atomic E-state index is 13.5. The van der Waals surface area contributed by atoms with Crippen LogP contribution >= 0.6 is 0 Å². The Kier molecular flexibility index (Phi) is 3.51. The molecule has 1 aromatic heterocycles. The lowest BCUT2D eigenvalue weighted by molar-refractivity contribution is 0.582. The van der Waals surface area contributed by atoms with Crippen LogP contribution in [0, 0.1) is 11.6 Å². The number of nitrogens with zero attached hydrogens (tertiary/aromatic N) is 4. The Morgan fingerprint density at radius 1 is 1.05 bits per heavy atom. The number of hydrogen-bond acceptors (Lipinski definition) is 3. The zero-order valence-corrected chi connectivity index (χ0v) is 10.8. The maximum absolute atomic E-state index is 13.5. The Balaban J connectivity index is 1.93. The summed E-state index contributed by atoms with van der Waals surface area (Å²) in [7, 11) is 0. The molecule has 0 unspecified atom stereocenters. The van der Waals surface area contributed by atoms with Gasteiger partial charge < -0.3 is 0 Å². The third-order valence-electron chi connectivity index (χ3n) is 2.85. The van der Waals surface area contributed by atoms with Crippen molar-refractivity contribution in [3.63, 3.8) is 0 Å². The first-order chi connectivity index (χ1) is 10.2. The maximum Gasteiger partial charge on any atom is 0.184 e. The predicted octanol–water partition coefficient (Wildman–Crippen LogP) is 3.11. The van der Waals surface area contributed by atoms with Gasteiger partial charge in [0.2, 0.25) is 0 Å². The first-order valence-electron chi connectivity index (χ1n) is 6.19. The van der Waals surface area contributed by atoms with Crippen molar-refractivity contribution in [2.24, 2.45) is 5.10 Å². The van der Waals surface area contributed by atoms with Crippen molar-refractivity contribution in [2.45, 2.75) is 0 Å². The number of aromatic nitrogens is 3. The fourth-order valence-electron chi connectivity index (χ4n) is 1.82. The van der Waals surface area contributed by atoms with Crippen molar-refractivity contribution in [1.82, 2.24) is 14.9 Å². The summed E-state index contributed by atoms with van der Waals surface area (Å²) in [4.78, 5) is 0. The molecule has 4 nitrogen and oxygen atoms in total. The molecule has 3 aromatic rings. The van der Waals surface area contributed by atoms with E-state index >= 15 is 0 Å². The molecule has 6 heteroatoms. The molecule has 104 valence electrons. The molecule has 0 saturated carbocycles. The van der Waals surface area contributed by atoms with Crippen molar-refractivity contribution in [3.05, 3.63) is 72.1 Å². The fraction of sp³-hybridized carbons (Fsp3) is 0. The molecule has 0 aliphatic rings. The minimum atomic E-state index is -0.673. The molecule has 3 rings (SSSR count). The zero-order valence-electron chi connectivity index (χ0n) is 10.8. The molecule has 0 aliphatic heterocycles. The fourth-order valence-corrected chi connectivity index (χ4v) is 1.82. The van der Waals surface area contributed by atoms with E-state index in [-0.39, 0.29) is 5.56 Å². The highest BCUT2D eigenvalue weighted by Gasteiger charge is 2.06. The summed E-state index contributed by atoms with van der Waals surface area (Å²) in [6.07, 6.45) is 2.71. The van der Waals surface area contributed by atoms with Crippen LogP contribution in [0.4, 0.5) is 8.78 Å². The number of benzene rings is 2. The van der Waals surface area contributed by atoms with Crippen molar-refractivity contribution in [2.75, 3.05) is 0 Å². The molecular formula is C15H10F2N4. The molecule has 0 fully saturated rings. The highest BCUT2D eigenvalue weighted by molar-refractivity contribution is 5.80. The van der Waals surface area contributed by atoms with Gasteiger partial charge in [-0.1, -0.05) is 30.3 Å². The van der Waals surface area contributed by atoms with Gasteiger partial charge in [-0.25, -0.2) is 8.78 Å². The molecule has 1 heterocycles. The van der Waals surface area contributed by atoms with Crippen LogP contribution in [-0.2, 0) is 0 Å². The Hall–Kier alpha value is -2.89. The van der Waals surface area contributed by atoms with Gasteiger partial charge in [0.1, 0.15) is 18.0 Å². The van der Waals surface area contributed by atoms with Gasteiger partial charge in [-0.15, -0.1) is 10.2 Å². The van der Waals surface area contributed by atoms with Crippen LogP contribution in [0.3, 0.4) is 0 Å². The Morgan fingerprint density at radius 2 is 1.86 bits per heavy atom. The standard InChI is InChI=1S/C15H10F2N4/c16-13-7-6-12(14(17)8-13)9-19-21-10-18-20-15(21)11-4-2-1-3-5-11/h1-10H/b19-9-. The second-order valence-corrected chi connectivity index (χ2v) is 4.28. The summed E-state index contributed by atoms with van der Waals surface area (Å²) in [6, 6.07) is 12.7. The van der Waals surface area contributed by atoms with Gasteiger partial charge in [0, 0.05) is 17.2 Å². The van der Waals surface area contributed by atoms with Crippen LogP contribution in [-0.4, -0.2) is 21.1 Å². The molecule has 0 N–H and O–H groups in total. The van der Waals surface area contributed by atoms with Gasteiger partial charge in [0.25, 0.3) is 0 Å². The van der Waals surface area contributed by atoms with Crippen LogP contribution in [0.5, 0.6) is 0 Å². The second kappa shape index (κ2) is 5.62. The van der Waals surface area contributed by atoms with Gasteiger partial charge in [-0.05, 0) is 12.1 Å². The number of hydrogen-bond donors (Lipinski definition) is 0. The van der Waals surface area contributed by atoms with Gasteiger partial charge >= 0.3 is 0 Å². The molecule has 0 amide bonds. The second-order valence-electron chi connectivity index (χ2n) is 4.28. The minimum absolute atomic E-state index is 0.184. The zero-order chi connectivity index (χ0) is 14.7. The highest BCUT2D eigenvalue weighted by atomic mass is 19.1. The van der Waals surface area contributed by atoms with Crippen LogP contribution < -0.4 is 0 Å². The summed E-state index contributed by atoms with van der Waals surface area (Å²) in [5, 5.41) is 11.9. The average molecular weight is 284 g/mol. The van der Waals surface area contributed by atoms with Crippen LogP contribution in [0.15, 0.2) is 60.0 Å². The Morgan fingerprint density at radius 3 is 2.62 bits per heavy atom. The minimum Gasteiger partial charge on any atom is -0.207 e. The summed E-state index contributed by atoms with van der Waals surface area (Å²) in [5.74, 6) is -0.763. The van der Waals surface area contributed by atoms with Crippen molar-refractivity contribution in [3.8, 4) is 11.4 Å². The van der Waals surface area contributed by atoms with Gasteiger partial charge in [0.15, 0.2) is 5.82 Å². The van der Waals surface area contributed by atoms with E-state index in [9.17, 15) is 8.78 Å². The highest BCUT2D eigenvalue weighted by Crippen LogP contribution is 2.15. The van der Waals surface area contributed by atoms with Crippen molar-refractivity contribution >= 4 is 6.21 Å². The number of halogens is 2. The normalized spacial score (nSPS) is 11.1. The molecule has 0 bridgehead atoms. The van der Waals surface area contributed by atoms with Crippen LogP contribution in [0.2, 0.25) is 0 Å². The van der Waals surface area contributed by atoms with E-state index in [1.54, 1.807) is 0 Å². The molecule has 0 atom stereocenters. The van der Waals surface area contributed by atoms with Crippen LogP contribution in [0.1, 0.15) is 5.56 Å². The number of rotatable bonds is 3. The molecule has 0 spiro atoms. The van der Waals surface area contributed by atoms with Crippen molar-refractivity contribution in [1.29, 1.82) is 0 Å². The summed E-state index contributed by atoms with van der Waals surface area (Å²) in [5.41, 5.74) is 1.02. The lowest BCUT2D eigenvalue weighted by Crippen LogP contribution is -1.95. The van der Waals surface area contributed by atoms with E-state index < -0.39 is 11.6 Å². The largest absolute Gasteiger partial charge is 0.207 e. The monoisotopic (exact) mass is 284 g/mol. The van der Waals surface area contributed by atoms with Crippen LogP contribution in [0.25, 0.3) is 11.4 Å². The molecule has 0 aliphatic carbocycles. The quantitative estimate of drug-likeness (QED) is 0.694. The van der Waals surface area contributed by atoms with E-state index in [4.69, 9.17) is 0 Å². The predicted molar refractivity (Wildman–Crippen MR) is 74.8 cm³/mol. The first kappa shape index (κ1) is 13.1. The van der Waals surface area contributed by atoms with Gasteiger partial charge in [-0.2, -0.15) is 9.78 Å². The SMILES string of the molecule is Fc1ccc(/C=N\n2cnnc2-c2ccccc2)c(F)c1. The van der Waals surface area contributed by atoms with E-state index in [0.29, 0.717) is 5.82 Å². The van der Waals surface area contributed by atoms with E-state index in [2.05, 4.69) is 15.3 Å². The van der Waals surface area contributed by atoms with Gasteiger partial charge in [-0.3, -0.25) is 0 Å². The third kappa shape index (κ3) is 2.84. The lowest BCUT2D eigenvalue weighted by atomic mass is 10.2. The molecule has 0 radical (unpaired) electrons.